The van der Waals surface area contributed by atoms with E-state index in [4.69, 9.17) is 0 Å². The van der Waals surface area contributed by atoms with E-state index in [1.807, 2.05) is 85.8 Å². The van der Waals surface area contributed by atoms with Crippen LogP contribution in [0.4, 0.5) is 5.69 Å². The molecule has 9 heteroatoms. The maximum Gasteiger partial charge on any atom is 0.265 e. The zero-order valence-corrected chi connectivity index (χ0v) is 25.2. The molecule has 1 atom stereocenters. The molecule has 5 rings (SSSR count). The van der Waals surface area contributed by atoms with Crippen LogP contribution in [0, 0.1) is 0 Å². The SMILES string of the molecule is CCNC(=O)[C@@H](Cc1ccccc1)N(Cc1ccc(Br)cc1)C(=O)CCCN1c2cccc3cccc(c23)S1(=O)=O. The number of sulfonamides is 1. The van der Waals surface area contributed by atoms with Crippen LogP contribution < -0.4 is 9.62 Å². The fourth-order valence-electron chi connectivity index (χ4n) is 5.35. The molecule has 0 saturated carbocycles. The Labute approximate surface area is 249 Å². The molecular weight excluding hydrogens is 602 g/mol. The van der Waals surface area contributed by atoms with Crippen molar-refractivity contribution >= 4 is 54.2 Å². The van der Waals surface area contributed by atoms with E-state index in [9.17, 15) is 18.0 Å². The Morgan fingerprint density at radius 3 is 2.32 bits per heavy atom. The first-order chi connectivity index (χ1) is 19.8. The number of hydrogen-bond donors (Lipinski definition) is 1. The number of anilines is 1. The summed E-state index contributed by atoms with van der Waals surface area (Å²) in [6.07, 6.45) is 0.777. The van der Waals surface area contributed by atoms with Gasteiger partial charge in [0.1, 0.15) is 6.04 Å². The summed E-state index contributed by atoms with van der Waals surface area (Å²) in [6, 6.07) is 27.4. The molecule has 4 aromatic rings. The summed E-state index contributed by atoms with van der Waals surface area (Å²) in [4.78, 5) is 29.1. The van der Waals surface area contributed by atoms with Gasteiger partial charge < -0.3 is 10.2 Å². The normalized spacial score (nSPS) is 14.1. The van der Waals surface area contributed by atoms with E-state index in [-0.39, 0.29) is 31.3 Å². The van der Waals surface area contributed by atoms with Gasteiger partial charge in [-0.05, 0) is 54.1 Å². The molecule has 1 aliphatic heterocycles. The number of amides is 2. The summed E-state index contributed by atoms with van der Waals surface area (Å²) < 4.78 is 29.1. The van der Waals surface area contributed by atoms with Crippen LogP contribution >= 0.6 is 15.9 Å². The summed E-state index contributed by atoms with van der Waals surface area (Å²) in [5.41, 5.74) is 2.49. The van der Waals surface area contributed by atoms with Crippen molar-refractivity contribution in [3.05, 3.63) is 107 Å². The minimum Gasteiger partial charge on any atom is -0.355 e. The Kier molecular flexibility index (Phi) is 8.75. The average molecular weight is 635 g/mol. The number of nitrogens with zero attached hydrogens (tertiary/aromatic N) is 2. The number of halogens is 1. The molecule has 1 N–H and O–H groups in total. The first-order valence-corrected chi connectivity index (χ1v) is 15.9. The Morgan fingerprint density at radius 2 is 1.61 bits per heavy atom. The zero-order valence-electron chi connectivity index (χ0n) is 22.8. The van der Waals surface area contributed by atoms with Gasteiger partial charge in [0.15, 0.2) is 0 Å². The minimum atomic E-state index is -3.71. The standard InChI is InChI=1S/C32H32BrN3O4S/c1-2-34-32(38)28(21-23-9-4-3-5-10-23)35(22-24-16-18-26(33)19-17-24)30(37)15-8-20-36-27-13-6-11-25-12-7-14-29(31(25)27)41(36,39)40/h3-7,9-14,16-19,28H,2,8,15,20-22H2,1H3,(H,34,38)/t28-/m1/s1. The minimum absolute atomic E-state index is 0.0968. The van der Waals surface area contributed by atoms with Crippen molar-refractivity contribution in [2.24, 2.45) is 0 Å². The van der Waals surface area contributed by atoms with Gasteiger partial charge >= 0.3 is 0 Å². The number of carbonyl (C=O) groups is 2. The average Bonchev–Trinajstić information content (AvgIpc) is 3.19. The van der Waals surface area contributed by atoms with Crippen LogP contribution in [0.5, 0.6) is 0 Å². The zero-order chi connectivity index (χ0) is 29.0. The second-order valence-corrected chi connectivity index (χ2v) is 12.8. The Balaban J connectivity index is 1.38. The van der Waals surface area contributed by atoms with Crippen LogP contribution in [0.25, 0.3) is 10.8 Å². The molecule has 0 aromatic heterocycles. The van der Waals surface area contributed by atoms with Gasteiger partial charge in [-0.3, -0.25) is 13.9 Å². The Hall–Kier alpha value is -3.69. The predicted molar refractivity (Wildman–Crippen MR) is 165 cm³/mol. The lowest BCUT2D eigenvalue weighted by atomic mass is 10.0. The van der Waals surface area contributed by atoms with Crippen molar-refractivity contribution in [3.8, 4) is 0 Å². The third kappa shape index (κ3) is 6.16. The molecule has 0 aliphatic carbocycles. The van der Waals surface area contributed by atoms with Gasteiger partial charge in [-0.1, -0.05) is 82.7 Å². The highest BCUT2D eigenvalue weighted by Gasteiger charge is 2.36. The molecule has 0 radical (unpaired) electrons. The third-order valence-electron chi connectivity index (χ3n) is 7.32. The van der Waals surface area contributed by atoms with Crippen LogP contribution in [0.2, 0.25) is 0 Å². The number of hydrogen-bond acceptors (Lipinski definition) is 4. The van der Waals surface area contributed by atoms with Crippen molar-refractivity contribution < 1.29 is 18.0 Å². The van der Waals surface area contributed by atoms with Crippen molar-refractivity contribution in [2.45, 2.75) is 43.7 Å². The molecule has 212 valence electrons. The Bertz CT molecular complexity index is 1650. The molecule has 4 aromatic carbocycles. The number of carbonyl (C=O) groups excluding carboxylic acids is 2. The molecule has 7 nitrogen and oxygen atoms in total. The topological polar surface area (TPSA) is 86.8 Å². The summed E-state index contributed by atoms with van der Waals surface area (Å²) in [7, 11) is -3.71. The van der Waals surface area contributed by atoms with E-state index in [0.717, 1.165) is 26.4 Å². The first-order valence-electron chi connectivity index (χ1n) is 13.7. The van der Waals surface area contributed by atoms with Crippen LogP contribution in [0.1, 0.15) is 30.9 Å². The highest BCUT2D eigenvalue weighted by atomic mass is 79.9. The summed E-state index contributed by atoms with van der Waals surface area (Å²) in [5.74, 6) is -0.418. The lowest BCUT2D eigenvalue weighted by Gasteiger charge is -2.32. The quantitative estimate of drug-likeness (QED) is 0.231. The van der Waals surface area contributed by atoms with Gasteiger partial charge in [0.25, 0.3) is 10.0 Å². The lowest BCUT2D eigenvalue weighted by Crippen LogP contribution is -2.50. The van der Waals surface area contributed by atoms with Gasteiger partial charge in [0.05, 0.1) is 10.6 Å². The number of benzene rings is 4. The highest BCUT2D eigenvalue weighted by molar-refractivity contribution is 9.10. The molecule has 1 heterocycles. The first kappa shape index (κ1) is 28.8. The molecule has 2 amide bonds. The van der Waals surface area contributed by atoms with Gasteiger partial charge in [-0.15, -0.1) is 0 Å². The maximum absolute atomic E-state index is 13.9. The summed E-state index contributed by atoms with van der Waals surface area (Å²) in [6.45, 7) is 2.72. The summed E-state index contributed by atoms with van der Waals surface area (Å²) >= 11 is 3.46. The van der Waals surface area contributed by atoms with E-state index in [0.29, 0.717) is 30.0 Å². The van der Waals surface area contributed by atoms with Crippen LogP contribution in [0.3, 0.4) is 0 Å². The number of nitrogens with one attached hydrogen (secondary N) is 1. The van der Waals surface area contributed by atoms with E-state index in [1.54, 1.807) is 17.0 Å². The van der Waals surface area contributed by atoms with E-state index < -0.39 is 16.1 Å². The van der Waals surface area contributed by atoms with Crippen molar-refractivity contribution in [1.29, 1.82) is 0 Å². The third-order valence-corrected chi connectivity index (χ3v) is 9.71. The van der Waals surface area contributed by atoms with E-state index in [1.165, 1.54) is 4.31 Å². The van der Waals surface area contributed by atoms with E-state index >= 15 is 0 Å². The monoisotopic (exact) mass is 633 g/mol. The summed E-state index contributed by atoms with van der Waals surface area (Å²) in [5, 5.41) is 4.49. The molecule has 0 bridgehead atoms. The molecule has 0 fully saturated rings. The van der Waals surface area contributed by atoms with Crippen molar-refractivity contribution in [3.63, 3.8) is 0 Å². The number of rotatable bonds is 11. The fraction of sp³-hybridized carbons (Fsp3) is 0.250. The molecule has 41 heavy (non-hydrogen) atoms. The molecule has 0 unspecified atom stereocenters. The largest absolute Gasteiger partial charge is 0.355 e. The van der Waals surface area contributed by atoms with Gasteiger partial charge in [0.2, 0.25) is 11.8 Å². The van der Waals surface area contributed by atoms with Crippen molar-refractivity contribution in [2.75, 3.05) is 17.4 Å². The molecule has 0 saturated heterocycles. The second kappa shape index (κ2) is 12.4. The fourth-order valence-corrected chi connectivity index (χ4v) is 7.36. The van der Waals surface area contributed by atoms with Crippen LogP contribution in [-0.4, -0.2) is 44.3 Å². The number of likely N-dealkylation sites (N-methyl/N-ethyl adjacent to an activating group) is 1. The van der Waals surface area contributed by atoms with Gasteiger partial charge in [-0.25, -0.2) is 8.42 Å². The Morgan fingerprint density at radius 1 is 0.902 bits per heavy atom. The highest BCUT2D eigenvalue weighted by Crippen LogP contribution is 2.42. The molecular formula is C32H32BrN3O4S. The van der Waals surface area contributed by atoms with Crippen molar-refractivity contribution in [1.82, 2.24) is 10.2 Å². The lowest BCUT2D eigenvalue weighted by molar-refractivity contribution is -0.141. The van der Waals surface area contributed by atoms with Crippen LogP contribution in [-0.2, 0) is 32.6 Å². The second-order valence-electron chi connectivity index (χ2n) is 10.1. The molecule has 0 spiro atoms. The van der Waals surface area contributed by atoms with Gasteiger partial charge in [0, 0.05) is 42.3 Å². The van der Waals surface area contributed by atoms with Crippen LogP contribution in [0.15, 0.2) is 100 Å². The smallest absolute Gasteiger partial charge is 0.265 e. The van der Waals surface area contributed by atoms with Gasteiger partial charge in [-0.2, -0.15) is 0 Å². The predicted octanol–water partition coefficient (Wildman–Crippen LogP) is 5.67. The maximum atomic E-state index is 13.9. The molecule has 1 aliphatic rings. The van der Waals surface area contributed by atoms with E-state index in [2.05, 4.69) is 21.2 Å².